The van der Waals surface area contributed by atoms with Crippen molar-refractivity contribution in [3.8, 4) is 0 Å². The van der Waals surface area contributed by atoms with Crippen molar-refractivity contribution < 1.29 is 14.6 Å². The number of aromatic nitrogens is 1. The Hall–Kier alpha value is -4.34. The Morgan fingerprint density at radius 2 is 1.69 bits per heavy atom. The van der Waals surface area contributed by atoms with Crippen LogP contribution in [0.4, 0.5) is 17.1 Å². The number of hydrogen-bond acceptors (Lipinski definition) is 7. The van der Waals surface area contributed by atoms with Crippen molar-refractivity contribution in [3.05, 3.63) is 110 Å². The lowest BCUT2D eigenvalue weighted by molar-refractivity contribution is -0.613. The number of benzene rings is 2. The van der Waals surface area contributed by atoms with Crippen LogP contribution in [0, 0.1) is 25.4 Å². The van der Waals surface area contributed by atoms with Crippen LogP contribution in [0.1, 0.15) is 11.3 Å². The van der Waals surface area contributed by atoms with Crippen molar-refractivity contribution in [2.24, 2.45) is 5.10 Å². The van der Waals surface area contributed by atoms with Crippen molar-refractivity contribution in [1.29, 1.82) is 0 Å². The van der Waals surface area contributed by atoms with Crippen molar-refractivity contribution in [3.63, 3.8) is 0 Å². The van der Waals surface area contributed by atoms with Crippen LogP contribution in [-0.2, 0) is 6.42 Å². The predicted molar refractivity (Wildman–Crippen MR) is 105 cm³/mol. The number of nitro benzene ring substituents is 2. The number of nitro groups is 2. The fraction of sp³-hybridized carbons (Fsp3) is 0.0526. The van der Waals surface area contributed by atoms with Crippen molar-refractivity contribution in [2.75, 3.05) is 5.43 Å². The molecule has 10 nitrogen and oxygen atoms in total. The molecule has 1 aromatic heterocycles. The van der Waals surface area contributed by atoms with Gasteiger partial charge in [-0.3, -0.25) is 25.7 Å². The number of nitrogens with zero attached hydrogens (tertiary/aromatic N) is 4. The molecule has 0 aliphatic heterocycles. The van der Waals surface area contributed by atoms with E-state index < -0.39 is 21.2 Å². The highest BCUT2D eigenvalue weighted by atomic mass is 16.6. The largest absolute Gasteiger partial charge is 0.618 e. The number of anilines is 1. The lowest BCUT2D eigenvalue weighted by Crippen LogP contribution is -2.32. The molecule has 0 aliphatic rings. The van der Waals surface area contributed by atoms with E-state index in [0.29, 0.717) is 21.7 Å². The molecule has 29 heavy (non-hydrogen) atoms. The predicted octanol–water partition coefficient (Wildman–Crippen LogP) is 3.20. The Balaban J connectivity index is 1.98. The third-order valence-electron chi connectivity index (χ3n) is 4.06. The molecule has 0 unspecified atom stereocenters. The van der Waals surface area contributed by atoms with Gasteiger partial charge in [0.2, 0.25) is 0 Å². The molecule has 3 rings (SSSR count). The molecule has 0 saturated carbocycles. The SMILES string of the molecule is O=[N+]([O-])c1ccc(NN=C(Cc2cccc[n+]2[O-])c2ccccc2)c([N+](=O)[O-])c1. The average Bonchev–Trinajstić information content (AvgIpc) is 2.72. The maximum absolute atomic E-state index is 12.0. The summed E-state index contributed by atoms with van der Waals surface area (Å²) in [5.74, 6) is 0. The highest BCUT2D eigenvalue weighted by Gasteiger charge is 2.20. The standard InChI is InChI=1S/C19H15N5O5/c25-22-11-5-4-8-15(22)12-18(14-6-2-1-3-7-14)21-20-17-10-9-16(23(26)27)13-19(17)24(28)29/h1-11,13,20H,12H2. The zero-order valence-corrected chi connectivity index (χ0v) is 15.0. The van der Waals surface area contributed by atoms with Crippen LogP contribution in [0.15, 0.2) is 78.0 Å². The van der Waals surface area contributed by atoms with Gasteiger partial charge in [0.05, 0.1) is 28.0 Å². The second kappa shape index (κ2) is 8.57. The summed E-state index contributed by atoms with van der Waals surface area (Å²) in [5, 5.41) is 38.4. The zero-order valence-electron chi connectivity index (χ0n) is 15.0. The summed E-state index contributed by atoms with van der Waals surface area (Å²) in [6.07, 6.45) is 1.54. The van der Waals surface area contributed by atoms with Crippen LogP contribution >= 0.6 is 0 Å². The summed E-state index contributed by atoms with van der Waals surface area (Å²) >= 11 is 0. The van der Waals surface area contributed by atoms with Crippen LogP contribution in [0.2, 0.25) is 0 Å². The Morgan fingerprint density at radius 3 is 2.34 bits per heavy atom. The lowest BCUT2D eigenvalue weighted by atomic mass is 10.1. The van der Waals surface area contributed by atoms with Gasteiger partial charge in [-0.15, -0.1) is 0 Å². The van der Waals surface area contributed by atoms with Gasteiger partial charge in [0, 0.05) is 18.2 Å². The van der Waals surface area contributed by atoms with E-state index in [0.717, 1.165) is 12.1 Å². The Bertz CT molecular complexity index is 1090. The molecule has 10 heteroatoms. The number of hydrazone groups is 1. The molecule has 0 spiro atoms. The van der Waals surface area contributed by atoms with E-state index in [1.807, 2.05) is 6.07 Å². The molecule has 2 aromatic carbocycles. The molecule has 3 aromatic rings. The number of non-ortho nitro benzene ring substituents is 1. The first-order valence-corrected chi connectivity index (χ1v) is 8.43. The Labute approximate surface area is 164 Å². The number of nitrogens with one attached hydrogen (secondary N) is 1. The highest BCUT2D eigenvalue weighted by molar-refractivity contribution is 6.02. The van der Waals surface area contributed by atoms with E-state index in [2.05, 4.69) is 10.5 Å². The van der Waals surface area contributed by atoms with E-state index in [9.17, 15) is 25.4 Å². The molecule has 0 saturated heterocycles. The minimum atomic E-state index is -0.726. The molecular formula is C19H15N5O5. The van der Waals surface area contributed by atoms with E-state index in [-0.39, 0.29) is 12.1 Å². The normalized spacial score (nSPS) is 11.1. The van der Waals surface area contributed by atoms with Crippen LogP contribution in [-0.4, -0.2) is 15.6 Å². The molecule has 0 radical (unpaired) electrons. The lowest BCUT2D eigenvalue weighted by Gasteiger charge is -2.09. The van der Waals surface area contributed by atoms with E-state index in [1.165, 1.54) is 12.3 Å². The third kappa shape index (κ3) is 4.69. The second-order valence-corrected chi connectivity index (χ2v) is 5.95. The fourth-order valence-electron chi connectivity index (χ4n) is 2.62. The summed E-state index contributed by atoms with van der Waals surface area (Å²) in [4.78, 5) is 20.7. The summed E-state index contributed by atoms with van der Waals surface area (Å²) < 4.78 is 0.715. The third-order valence-corrected chi connectivity index (χ3v) is 4.06. The van der Waals surface area contributed by atoms with Gasteiger partial charge in [0.25, 0.3) is 5.69 Å². The molecule has 0 bridgehead atoms. The van der Waals surface area contributed by atoms with Gasteiger partial charge in [-0.2, -0.15) is 9.83 Å². The second-order valence-electron chi connectivity index (χ2n) is 5.95. The van der Waals surface area contributed by atoms with Crippen molar-refractivity contribution in [2.45, 2.75) is 6.42 Å². The topological polar surface area (TPSA) is 138 Å². The minimum absolute atomic E-state index is 0.00269. The van der Waals surface area contributed by atoms with Crippen LogP contribution in [0.5, 0.6) is 0 Å². The van der Waals surface area contributed by atoms with Crippen molar-refractivity contribution >= 4 is 22.8 Å². The van der Waals surface area contributed by atoms with Crippen LogP contribution in [0.3, 0.4) is 0 Å². The zero-order chi connectivity index (χ0) is 20.8. The average molecular weight is 393 g/mol. The molecule has 0 amide bonds. The Morgan fingerprint density at radius 1 is 0.966 bits per heavy atom. The smallest absolute Gasteiger partial charge is 0.301 e. The summed E-state index contributed by atoms with van der Waals surface area (Å²) in [6, 6.07) is 17.2. The first kappa shape index (κ1) is 19.4. The molecule has 146 valence electrons. The van der Waals surface area contributed by atoms with Gasteiger partial charge >= 0.3 is 5.69 Å². The summed E-state index contributed by atoms with van der Waals surface area (Å²) in [6.45, 7) is 0. The minimum Gasteiger partial charge on any atom is -0.618 e. The molecule has 1 N–H and O–H groups in total. The quantitative estimate of drug-likeness (QED) is 0.215. The van der Waals surface area contributed by atoms with Crippen LogP contribution < -0.4 is 10.2 Å². The summed E-state index contributed by atoms with van der Waals surface area (Å²) in [5.41, 5.74) is 3.36. The fourth-order valence-corrected chi connectivity index (χ4v) is 2.62. The van der Waals surface area contributed by atoms with Gasteiger partial charge in [-0.1, -0.05) is 30.3 Å². The van der Waals surface area contributed by atoms with Gasteiger partial charge in [0.1, 0.15) is 5.69 Å². The first-order valence-electron chi connectivity index (χ1n) is 8.43. The Kier molecular flexibility index (Phi) is 5.74. The number of rotatable bonds is 7. The van der Waals surface area contributed by atoms with E-state index >= 15 is 0 Å². The maximum Gasteiger partial charge on any atom is 0.301 e. The van der Waals surface area contributed by atoms with Crippen LogP contribution in [0.25, 0.3) is 0 Å². The number of pyridine rings is 1. The maximum atomic E-state index is 12.0. The molecular weight excluding hydrogens is 378 g/mol. The van der Waals surface area contributed by atoms with Gasteiger partial charge < -0.3 is 5.21 Å². The molecule has 0 atom stereocenters. The first-order chi connectivity index (χ1) is 14.0. The van der Waals surface area contributed by atoms with Crippen molar-refractivity contribution in [1.82, 2.24) is 0 Å². The summed E-state index contributed by atoms with van der Waals surface area (Å²) in [7, 11) is 0. The number of hydrogen-bond donors (Lipinski definition) is 1. The van der Waals surface area contributed by atoms with E-state index in [1.54, 1.807) is 42.5 Å². The molecule has 0 fully saturated rings. The van der Waals surface area contributed by atoms with Gasteiger partial charge in [-0.25, -0.2) is 0 Å². The monoisotopic (exact) mass is 393 g/mol. The van der Waals surface area contributed by atoms with Gasteiger partial charge in [-0.05, 0) is 17.7 Å². The van der Waals surface area contributed by atoms with Gasteiger partial charge in [0.15, 0.2) is 11.9 Å². The molecule has 1 heterocycles. The van der Waals surface area contributed by atoms with E-state index in [4.69, 9.17) is 0 Å². The molecule has 0 aliphatic carbocycles. The highest BCUT2D eigenvalue weighted by Crippen LogP contribution is 2.29.